The Labute approximate surface area is 116 Å². The van der Waals surface area contributed by atoms with Gasteiger partial charge in [0, 0.05) is 32.6 Å². The van der Waals surface area contributed by atoms with Gasteiger partial charge in [0.25, 0.3) is 0 Å². The molecule has 0 aliphatic carbocycles. The standard InChI is InChI=1S/C13H24N2O3S/c1-4-8-15(19(3,17)18)10-7-13(16)14-9-5-6-12(2)11-14/h4,12H,1,5-11H2,2-3H3. The second-order valence-corrected chi connectivity index (χ2v) is 7.23. The minimum atomic E-state index is -3.27. The summed E-state index contributed by atoms with van der Waals surface area (Å²) in [6, 6.07) is 0. The summed E-state index contributed by atoms with van der Waals surface area (Å²) in [5.74, 6) is 0.584. The van der Waals surface area contributed by atoms with Gasteiger partial charge in [-0.15, -0.1) is 6.58 Å². The molecule has 0 radical (unpaired) electrons. The summed E-state index contributed by atoms with van der Waals surface area (Å²) in [6.45, 7) is 7.75. The van der Waals surface area contributed by atoms with Crippen LogP contribution in [0.2, 0.25) is 0 Å². The first kappa shape index (κ1) is 16.2. The van der Waals surface area contributed by atoms with Gasteiger partial charge in [-0.3, -0.25) is 4.79 Å². The second kappa shape index (κ2) is 7.05. The fourth-order valence-electron chi connectivity index (χ4n) is 2.33. The van der Waals surface area contributed by atoms with Gasteiger partial charge in [-0.05, 0) is 18.8 Å². The lowest BCUT2D eigenvalue weighted by molar-refractivity contribution is -0.133. The van der Waals surface area contributed by atoms with Gasteiger partial charge in [0.2, 0.25) is 15.9 Å². The Kier molecular flexibility index (Phi) is 6.00. The van der Waals surface area contributed by atoms with Gasteiger partial charge in [-0.25, -0.2) is 8.42 Å². The minimum Gasteiger partial charge on any atom is -0.342 e. The highest BCUT2D eigenvalue weighted by atomic mass is 32.2. The highest BCUT2D eigenvalue weighted by Crippen LogP contribution is 2.16. The Morgan fingerprint density at radius 1 is 1.53 bits per heavy atom. The molecule has 6 heteroatoms. The zero-order chi connectivity index (χ0) is 14.5. The molecule has 0 spiro atoms. The van der Waals surface area contributed by atoms with E-state index in [9.17, 15) is 13.2 Å². The van der Waals surface area contributed by atoms with Crippen LogP contribution in [-0.4, -0.2) is 56.0 Å². The van der Waals surface area contributed by atoms with Crippen molar-refractivity contribution in [3.05, 3.63) is 12.7 Å². The monoisotopic (exact) mass is 288 g/mol. The molecule has 1 aliphatic rings. The number of amides is 1. The molecule has 0 aromatic rings. The van der Waals surface area contributed by atoms with E-state index < -0.39 is 10.0 Å². The maximum absolute atomic E-state index is 12.1. The van der Waals surface area contributed by atoms with E-state index in [0.717, 1.165) is 32.2 Å². The van der Waals surface area contributed by atoms with Gasteiger partial charge in [-0.2, -0.15) is 4.31 Å². The SMILES string of the molecule is C=CCN(CCC(=O)N1CCCC(C)C1)S(C)(=O)=O. The first-order chi connectivity index (χ1) is 8.84. The number of likely N-dealkylation sites (tertiary alicyclic amines) is 1. The molecule has 0 saturated carbocycles. The Hall–Kier alpha value is -0.880. The van der Waals surface area contributed by atoms with E-state index in [1.165, 1.54) is 10.4 Å². The van der Waals surface area contributed by atoms with Crippen molar-refractivity contribution in [2.24, 2.45) is 5.92 Å². The Balaban J connectivity index is 2.49. The van der Waals surface area contributed by atoms with E-state index in [1.807, 2.05) is 4.90 Å². The summed E-state index contributed by atoms with van der Waals surface area (Å²) in [6.07, 6.45) is 5.14. The molecule has 1 unspecified atom stereocenters. The van der Waals surface area contributed by atoms with Crippen LogP contribution in [0.3, 0.4) is 0 Å². The molecule has 1 aliphatic heterocycles. The molecule has 5 nitrogen and oxygen atoms in total. The third kappa shape index (κ3) is 5.32. The van der Waals surface area contributed by atoms with E-state index in [4.69, 9.17) is 0 Å². The summed E-state index contributed by atoms with van der Waals surface area (Å²) in [5.41, 5.74) is 0. The quantitative estimate of drug-likeness (QED) is 0.687. The van der Waals surface area contributed by atoms with Crippen molar-refractivity contribution in [3.8, 4) is 0 Å². The van der Waals surface area contributed by atoms with Gasteiger partial charge < -0.3 is 4.90 Å². The largest absolute Gasteiger partial charge is 0.342 e. The third-order valence-corrected chi connectivity index (χ3v) is 4.66. The van der Waals surface area contributed by atoms with Crippen LogP contribution in [0.4, 0.5) is 0 Å². The van der Waals surface area contributed by atoms with Crippen LogP contribution in [0.25, 0.3) is 0 Å². The molecule has 0 aromatic carbocycles. The number of piperidine rings is 1. The van der Waals surface area contributed by atoms with Gasteiger partial charge in [0.15, 0.2) is 0 Å². The van der Waals surface area contributed by atoms with Crippen LogP contribution >= 0.6 is 0 Å². The Morgan fingerprint density at radius 2 is 2.21 bits per heavy atom. The number of hydrogen-bond donors (Lipinski definition) is 0. The smallest absolute Gasteiger partial charge is 0.223 e. The summed E-state index contributed by atoms with van der Waals surface area (Å²) >= 11 is 0. The lowest BCUT2D eigenvalue weighted by Gasteiger charge is -2.31. The molecule has 110 valence electrons. The van der Waals surface area contributed by atoms with Crippen LogP contribution in [0, 0.1) is 5.92 Å². The third-order valence-electron chi connectivity index (χ3n) is 3.39. The lowest BCUT2D eigenvalue weighted by atomic mass is 10.00. The van der Waals surface area contributed by atoms with Gasteiger partial charge in [-0.1, -0.05) is 13.0 Å². The second-order valence-electron chi connectivity index (χ2n) is 5.25. The summed E-state index contributed by atoms with van der Waals surface area (Å²) < 4.78 is 24.3. The topological polar surface area (TPSA) is 57.7 Å². The Morgan fingerprint density at radius 3 is 2.74 bits per heavy atom. The van der Waals surface area contributed by atoms with E-state index >= 15 is 0 Å². The molecule has 0 N–H and O–H groups in total. The highest BCUT2D eigenvalue weighted by Gasteiger charge is 2.22. The summed E-state index contributed by atoms with van der Waals surface area (Å²) in [7, 11) is -3.27. The van der Waals surface area contributed by atoms with Crippen LogP contribution in [-0.2, 0) is 14.8 Å². The van der Waals surface area contributed by atoms with Crippen molar-refractivity contribution in [1.29, 1.82) is 0 Å². The maximum atomic E-state index is 12.1. The van der Waals surface area contributed by atoms with Crippen molar-refractivity contribution in [1.82, 2.24) is 9.21 Å². The molecule has 1 rings (SSSR count). The average Bonchev–Trinajstić information content (AvgIpc) is 2.32. The molecule has 19 heavy (non-hydrogen) atoms. The minimum absolute atomic E-state index is 0.0456. The fraction of sp³-hybridized carbons (Fsp3) is 0.769. The van der Waals surface area contributed by atoms with E-state index in [-0.39, 0.29) is 25.4 Å². The predicted molar refractivity (Wildman–Crippen MR) is 76.2 cm³/mol. The number of carbonyl (C=O) groups excluding carboxylic acids is 1. The highest BCUT2D eigenvalue weighted by molar-refractivity contribution is 7.88. The van der Waals surface area contributed by atoms with Crippen molar-refractivity contribution >= 4 is 15.9 Å². The molecular weight excluding hydrogens is 264 g/mol. The van der Waals surface area contributed by atoms with E-state index in [1.54, 1.807) is 0 Å². The zero-order valence-electron chi connectivity index (χ0n) is 11.8. The Bertz CT molecular complexity index is 420. The fourth-order valence-corrected chi connectivity index (χ4v) is 3.13. The lowest BCUT2D eigenvalue weighted by Crippen LogP contribution is -2.41. The normalized spacial score (nSPS) is 20.6. The summed E-state index contributed by atoms with van der Waals surface area (Å²) in [5, 5.41) is 0. The average molecular weight is 288 g/mol. The molecule has 0 aromatic heterocycles. The first-order valence-electron chi connectivity index (χ1n) is 6.68. The van der Waals surface area contributed by atoms with Crippen LogP contribution in [0.15, 0.2) is 12.7 Å². The molecule has 1 amide bonds. The molecule has 1 heterocycles. The van der Waals surface area contributed by atoms with Crippen molar-refractivity contribution in [2.75, 3.05) is 32.4 Å². The van der Waals surface area contributed by atoms with Crippen LogP contribution in [0.5, 0.6) is 0 Å². The molecule has 1 fully saturated rings. The van der Waals surface area contributed by atoms with Crippen molar-refractivity contribution < 1.29 is 13.2 Å². The van der Waals surface area contributed by atoms with Crippen LogP contribution < -0.4 is 0 Å². The van der Waals surface area contributed by atoms with E-state index in [2.05, 4.69) is 13.5 Å². The van der Waals surface area contributed by atoms with E-state index in [0.29, 0.717) is 5.92 Å². The van der Waals surface area contributed by atoms with Gasteiger partial charge >= 0.3 is 0 Å². The van der Waals surface area contributed by atoms with Crippen molar-refractivity contribution in [2.45, 2.75) is 26.2 Å². The molecule has 1 atom stereocenters. The number of carbonyl (C=O) groups is 1. The zero-order valence-corrected chi connectivity index (χ0v) is 12.7. The van der Waals surface area contributed by atoms with Gasteiger partial charge in [0.1, 0.15) is 0 Å². The van der Waals surface area contributed by atoms with Crippen LogP contribution in [0.1, 0.15) is 26.2 Å². The molecule has 0 bridgehead atoms. The first-order valence-corrected chi connectivity index (χ1v) is 8.53. The number of nitrogens with zero attached hydrogens (tertiary/aromatic N) is 2. The number of hydrogen-bond acceptors (Lipinski definition) is 3. The molecular formula is C13H24N2O3S. The summed E-state index contributed by atoms with van der Waals surface area (Å²) in [4.78, 5) is 13.9. The number of rotatable bonds is 6. The van der Waals surface area contributed by atoms with Crippen molar-refractivity contribution in [3.63, 3.8) is 0 Å². The van der Waals surface area contributed by atoms with Gasteiger partial charge in [0.05, 0.1) is 6.26 Å². The predicted octanol–water partition coefficient (Wildman–Crippen LogP) is 1.08. The number of sulfonamides is 1. The maximum Gasteiger partial charge on any atom is 0.223 e. The molecule has 1 saturated heterocycles.